The fourth-order valence-electron chi connectivity index (χ4n) is 1.81. The van der Waals surface area contributed by atoms with Gasteiger partial charge in [-0.15, -0.1) is 0 Å². The molecule has 2 aromatic rings. The molecule has 0 atom stereocenters. The van der Waals surface area contributed by atoms with Gasteiger partial charge in [0.05, 0.1) is 23.1 Å². The molecule has 7 heteroatoms. The van der Waals surface area contributed by atoms with Crippen LogP contribution in [0.2, 0.25) is 0 Å². The number of nitrogen functional groups attached to an aromatic ring is 1. The van der Waals surface area contributed by atoms with E-state index in [4.69, 9.17) is 5.73 Å². The van der Waals surface area contributed by atoms with Crippen molar-refractivity contribution in [2.24, 2.45) is 0 Å². The number of hydrogen-bond donors (Lipinski definition) is 1. The number of alkyl halides is 3. The molecule has 0 unspecified atom stereocenters. The highest BCUT2D eigenvalue weighted by molar-refractivity contribution is 5.46. The van der Waals surface area contributed by atoms with E-state index in [-0.39, 0.29) is 5.92 Å². The first-order chi connectivity index (χ1) is 8.80. The molecule has 0 amide bonds. The molecule has 2 rings (SSSR count). The third-order valence-corrected chi connectivity index (χ3v) is 2.68. The summed E-state index contributed by atoms with van der Waals surface area (Å²) in [5, 5.41) is 4.05. The van der Waals surface area contributed by atoms with Gasteiger partial charge in [-0.2, -0.15) is 18.3 Å². The maximum Gasteiger partial charge on any atom is 0.417 e. The van der Waals surface area contributed by atoms with Gasteiger partial charge in [-0.3, -0.25) is 0 Å². The van der Waals surface area contributed by atoms with Gasteiger partial charge in [-0.05, 0) is 18.1 Å². The molecule has 0 aliphatic heterocycles. The van der Waals surface area contributed by atoms with Crippen LogP contribution in [-0.4, -0.2) is 14.8 Å². The number of anilines is 1. The van der Waals surface area contributed by atoms with E-state index in [1.807, 2.05) is 13.8 Å². The first-order valence-corrected chi connectivity index (χ1v) is 5.67. The van der Waals surface area contributed by atoms with Crippen LogP contribution in [0.1, 0.15) is 31.0 Å². The molecule has 102 valence electrons. The first-order valence-electron chi connectivity index (χ1n) is 5.67. The molecule has 2 N–H and O–H groups in total. The summed E-state index contributed by atoms with van der Waals surface area (Å²) >= 11 is 0. The highest BCUT2D eigenvalue weighted by atomic mass is 19.4. The van der Waals surface area contributed by atoms with E-state index in [9.17, 15) is 13.2 Å². The van der Waals surface area contributed by atoms with Gasteiger partial charge in [-0.25, -0.2) is 9.67 Å². The topological polar surface area (TPSA) is 56.7 Å². The molecule has 0 saturated carbocycles. The van der Waals surface area contributed by atoms with Gasteiger partial charge in [0.2, 0.25) is 0 Å². The van der Waals surface area contributed by atoms with Gasteiger partial charge >= 0.3 is 6.18 Å². The molecule has 2 heterocycles. The molecule has 0 aliphatic carbocycles. The van der Waals surface area contributed by atoms with E-state index in [0.29, 0.717) is 11.5 Å². The van der Waals surface area contributed by atoms with Crippen LogP contribution in [0.15, 0.2) is 24.5 Å². The van der Waals surface area contributed by atoms with Crippen molar-refractivity contribution in [1.29, 1.82) is 0 Å². The molecule has 0 fully saturated rings. The zero-order valence-corrected chi connectivity index (χ0v) is 10.4. The average molecular weight is 270 g/mol. The van der Waals surface area contributed by atoms with E-state index in [0.717, 1.165) is 18.0 Å². The normalized spacial score (nSPS) is 12.1. The number of nitrogens with two attached hydrogens (primary N) is 1. The van der Waals surface area contributed by atoms with Crippen molar-refractivity contribution < 1.29 is 13.2 Å². The maximum absolute atomic E-state index is 12.5. The minimum absolute atomic E-state index is 0.0894. The molecule has 0 radical (unpaired) electrons. The molecule has 19 heavy (non-hydrogen) atoms. The van der Waals surface area contributed by atoms with Gasteiger partial charge in [0.15, 0.2) is 5.82 Å². The number of hydrogen-bond acceptors (Lipinski definition) is 3. The minimum atomic E-state index is -4.39. The molecule has 0 aliphatic rings. The lowest BCUT2D eigenvalue weighted by molar-refractivity contribution is -0.137. The van der Waals surface area contributed by atoms with Crippen LogP contribution in [0.5, 0.6) is 0 Å². The van der Waals surface area contributed by atoms with Crippen molar-refractivity contribution in [3.05, 3.63) is 35.8 Å². The Kier molecular flexibility index (Phi) is 3.21. The monoisotopic (exact) mass is 270 g/mol. The SMILES string of the molecule is CC(C)c1c(N)cnn1-c1ccc(C(F)(F)F)cn1. The number of rotatable bonds is 2. The van der Waals surface area contributed by atoms with Crippen molar-refractivity contribution in [2.45, 2.75) is 25.9 Å². The second-order valence-corrected chi connectivity index (χ2v) is 4.45. The van der Waals surface area contributed by atoms with Gasteiger partial charge in [-0.1, -0.05) is 13.8 Å². The third kappa shape index (κ3) is 2.54. The smallest absolute Gasteiger partial charge is 0.396 e. The molecule has 0 bridgehead atoms. The summed E-state index contributed by atoms with van der Waals surface area (Å²) in [4.78, 5) is 3.80. The number of nitrogens with zero attached hydrogens (tertiary/aromatic N) is 3. The quantitative estimate of drug-likeness (QED) is 0.912. The summed E-state index contributed by atoms with van der Waals surface area (Å²) in [7, 11) is 0. The molecule has 2 aromatic heterocycles. The van der Waals surface area contributed by atoms with Gasteiger partial charge in [0.25, 0.3) is 0 Å². The number of halogens is 3. The highest BCUT2D eigenvalue weighted by Crippen LogP contribution is 2.29. The Morgan fingerprint density at radius 3 is 2.37 bits per heavy atom. The Balaban J connectivity index is 2.44. The van der Waals surface area contributed by atoms with Crippen LogP contribution in [-0.2, 0) is 6.18 Å². The summed E-state index contributed by atoms with van der Waals surface area (Å²) in [5.41, 5.74) is 6.22. The van der Waals surface area contributed by atoms with Crippen molar-refractivity contribution in [2.75, 3.05) is 5.73 Å². The Hall–Kier alpha value is -2.05. The third-order valence-electron chi connectivity index (χ3n) is 2.68. The van der Waals surface area contributed by atoms with Crippen LogP contribution in [0, 0.1) is 0 Å². The Morgan fingerprint density at radius 1 is 1.21 bits per heavy atom. The molecule has 0 saturated heterocycles. The van der Waals surface area contributed by atoms with Crippen LogP contribution in [0.25, 0.3) is 5.82 Å². The lowest BCUT2D eigenvalue weighted by Crippen LogP contribution is -2.10. The Bertz CT molecular complexity index is 570. The minimum Gasteiger partial charge on any atom is -0.396 e. The van der Waals surface area contributed by atoms with E-state index >= 15 is 0 Å². The van der Waals surface area contributed by atoms with Crippen LogP contribution in [0.4, 0.5) is 18.9 Å². The first kappa shape index (κ1) is 13.4. The second-order valence-electron chi connectivity index (χ2n) is 4.45. The van der Waals surface area contributed by atoms with Crippen molar-refractivity contribution >= 4 is 5.69 Å². The van der Waals surface area contributed by atoms with Crippen LogP contribution >= 0.6 is 0 Å². The summed E-state index contributed by atoms with van der Waals surface area (Å²) in [5.74, 6) is 0.403. The van der Waals surface area contributed by atoms with Crippen molar-refractivity contribution in [3.63, 3.8) is 0 Å². The van der Waals surface area contributed by atoms with Gasteiger partial charge < -0.3 is 5.73 Å². The molecular formula is C12H13F3N4. The lowest BCUT2D eigenvalue weighted by atomic mass is 10.1. The standard InChI is InChI=1S/C12H13F3N4/c1-7(2)11-9(16)6-18-19(11)10-4-3-8(5-17-10)12(13,14)15/h3-7H,16H2,1-2H3. The Labute approximate surface area is 108 Å². The summed E-state index contributed by atoms with van der Waals surface area (Å²) < 4.78 is 38.8. The molecule has 4 nitrogen and oxygen atoms in total. The molecular weight excluding hydrogens is 257 g/mol. The summed E-state index contributed by atoms with van der Waals surface area (Å²) in [6.45, 7) is 3.85. The summed E-state index contributed by atoms with van der Waals surface area (Å²) in [6.07, 6.45) is -2.14. The van der Waals surface area contributed by atoms with E-state index < -0.39 is 11.7 Å². The number of aromatic nitrogens is 3. The zero-order chi connectivity index (χ0) is 14.2. The molecule has 0 aromatic carbocycles. The largest absolute Gasteiger partial charge is 0.417 e. The van der Waals surface area contributed by atoms with Crippen LogP contribution in [0.3, 0.4) is 0 Å². The van der Waals surface area contributed by atoms with Crippen molar-refractivity contribution in [1.82, 2.24) is 14.8 Å². The van der Waals surface area contributed by atoms with E-state index in [2.05, 4.69) is 10.1 Å². The van der Waals surface area contributed by atoms with Gasteiger partial charge in [0, 0.05) is 6.20 Å². The van der Waals surface area contributed by atoms with E-state index in [1.165, 1.54) is 16.9 Å². The fourth-order valence-corrected chi connectivity index (χ4v) is 1.81. The molecule has 0 spiro atoms. The van der Waals surface area contributed by atoms with E-state index in [1.54, 1.807) is 0 Å². The zero-order valence-electron chi connectivity index (χ0n) is 10.4. The fraction of sp³-hybridized carbons (Fsp3) is 0.333. The maximum atomic E-state index is 12.5. The van der Waals surface area contributed by atoms with Gasteiger partial charge in [0.1, 0.15) is 0 Å². The predicted molar refractivity (Wildman–Crippen MR) is 64.9 cm³/mol. The number of pyridine rings is 1. The second kappa shape index (κ2) is 4.56. The predicted octanol–water partition coefficient (Wildman–Crippen LogP) is 2.99. The average Bonchev–Trinajstić information content (AvgIpc) is 2.70. The lowest BCUT2D eigenvalue weighted by Gasteiger charge is -2.11. The van der Waals surface area contributed by atoms with Crippen LogP contribution < -0.4 is 5.73 Å². The summed E-state index contributed by atoms with van der Waals surface area (Å²) in [6, 6.07) is 2.26. The highest BCUT2D eigenvalue weighted by Gasteiger charge is 2.30. The Morgan fingerprint density at radius 2 is 1.89 bits per heavy atom. The van der Waals surface area contributed by atoms with Crippen molar-refractivity contribution in [3.8, 4) is 5.82 Å².